The fourth-order valence-electron chi connectivity index (χ4n) is 2.36. The third kappa shape index (κ3) is 4.18. The summed E-state index contributed by atoms with van der Waals surface area (Å²) in [5.74, 6) is 0.471. The lowest BCUT2D eigenvalue weighted by atomic mass is 10.0. The Morgan fingerprint density at radius 3 is 2.61 bits per heavy atom. The second kappa shape index (κ2) is 7.22. The minimum absolute atomic E-state index is 0.0197. The zero-order valence-electron chi connectivity index (χ0n) is 11.6. The Bertz CT molecular complexity index is 346. The van der Waals surface area contributed by atoms with Gasteiger partial charge in [0, 0.05) is 31.0 Å². The maximum atomic E-state index is 12.6. The van der Waals surface area contributed by atoms with Gasteiger partial charge in [-0.25, -0.2) is 0 Å². The van der Waals surface area contributed by atoms with Crippen molar-refractivity contribution in [3.8, 4) is 0 Å². The molecule has 6 heteroatoms. The van der Waals surface area contributed by atoms with Gasteiger partial charge in [0.25, 0.3) is 10.2 Å². The highest BCUT2D eigenvalue weighted by Gasteiger charge is 2.33. The van der Waals surface area contributed by atoms with E-state index in [0.29, 0.717) is 25.6 Å². The summed E-state index contributed by atoms with van der Waals surface area (Å²) in [5, 5.41) is 0.835. The first kappa shape index (κ1) is 16.4. The van der Waals surface area contributed by atoms with E-state index in [1.165, 1.54) is 0 Å². The van der Waals surface area contributed by atoms with Gasteiger partial charge >= 0.3 is 0 Å². The summed E-state index contributed by atoms with van der Waals surface area (Å²) in [6.07, 6.45) is 2.96. The van der Waals surface area contributed by atoms with Crippen molar-refractivity contribution in [1.29, 1.82) is 0 Å². The van der Waals surface area contributed by atoms with Crippen LogP contribution in [0.1, 0.15) is 40.0 Å². The van der Waals surface area contributed by atoms with Gasteiger partial charge in [-0.2, -0.15) is 17.0 Å². The average Bonchev–Trinajstić information content (AvgIpc) is 2.28. The van der Waals surface area contributed by atoms with E-state index in [1.54, 1.807) is 8.61 Å². The highest BCUT2D eigenvalue weighted by molar-refractivity contribution is 9.09. The predicted octanol–water partition coefficient (Wildman–Crippen LogP) is 2.46. The normalized spacial score (nSPS) is 22.9. The van der Waals surface area contributed by atoms with Gasteiger partial charge in [0.05, 0.1) is 0 Å². The number of hydrogen-bond acceptors (Lipinski definition) is 2. The average molecular weight is 341 g/mol. The quantitative estimate of drug-likeness (QED) is 0.697. The first-order chi connectivity index (χ1) is 8.39. The van der Waals surface area contributed by atoms with Crippen LogP contribution in [-0.2, 0) is 10.2 Å². The van der Waals surface area contributed by atoms with Crippen LogP contribution in [0, 0.1) is 5.92 Å². The molecule has 4 nitrogen and oxygen atoms in total. The van der Waals surface area contributed by atoms with E-state index in [9.17, 15) is 8.42 Å². The molecule has 0 N–H and O–H groups in total. The number of rotatable bonds is 6. The van der Waals surface area contributed by atoms with Crippen LogP contribution in [-0.4, -0.2) is 48.0 Å². The fraction of sp³-hybridized carbons (Fsp3) is 1.00. The van der Waals surface area contributed by atoms with Gasteiger partial charge in [0.1, 0.15) is 0 Å². The van der Waals surface area contributed by atoms with Crippen LogP contribution >= 0.6 is 15.9 Å². The molecule has 18 heavy (non-hydrogen) atoms. The Morgan fingerprint density at radius 1 is 1.44 bits per heavy atom. The monoisotopic (exact) mass is 340 g/mol. The standard InChI is InChI=1S/C12H25BrN2O2S/c1-11(2)15(9-5-7-13)18(16,17)14-8-4-6-12(3)10-14/h11-12H,4-10H2,1-3H3. The summed E-state index contributed by atoms with van der Waals surface area (Å²) in [5.41, 5.74) is 0. The number of nitrogens with zero attached hydrogens (tertiary/aromatic N) is 2. The molecule has 0 aromatic heterocycles. The largest absolute Gasteiger partial charge is 0.282 e. The van der Waals surface area contributed by atoms with Crippen molar-refractivity contribution in [2.24, 2.45) is 5.92 Å². The smallest absolute Gasteiger partial charge is 0.195 e. The van der Waals surface area contributed by atoms with Crippen LogP contribution in [0.3, 0.4) is 0 Å². The van der Waals surface area contributed by atoms with Crippen molar-refractivity contribution in [2.75, 3.05) is 25.0 Å². The molecule has 0 aromatic carbocycles. The van der Waals surface area contributed by atoms with Crippen LogP contribution in [0.15, 0.2) is 0 Å². The van der Waals surface area contributed by atoms with Gasteiger partial charge in [0.15, 0.2) is 0 Å². The van der Waals surface area contributed by atoms with Crippen LogP contribution in [0.25, 0.3) is 0 Å². The topological polar surface area (TPSA) is 40.6 Å². The summed E-state index contributed by atoms with van der Waals surface area (Å²) >= 11 is 3.36. The van der Waals surface area contributed by atoms with Crippen molar-refractivity contribution >= 4 is 26.1 Å². The summed E-state index contributed by atoms with van der Waals surface area (Å²) in [7, 11) is -3.28. The van der Waals surface area contributed by atoms with Gasteiger partial charge in [-0.3, -0.25) is 0 Å². The molecule has 0 aromatic rings. The Balaban J connectivity index is 2.80. The summed E-state index contributed by atoms with van der Waals surface area (Å²) in [6.45, 7) is 7.94. The third-order valence-electron chi connectivity index (χ3n) is 3.33. The number of hydrogen-bond donors (Lipinski definition) is 0. The molecule has 108 valence electrons. The van der Waals surface area contributed by atoms with Crippen molar-refractivity contribution in [2.45, 2.75) is 46.1 Å². The van der Waals surface area contributed by atoms with Crippen molar-refractivity contribution in [1.82, 2.24) is 8.61 Å². The summed E-state index contributed by atoms with van der Waals surface area (Å²) in [4.78, 5) is 0. The molecule has 1 fully saturated rings. The van der Waals surface area contributed by atoms with Crippen molar-refractivity contribution in [3.63, 3.8) is 0 Å². The maximum Gasteiger partial charge on any atom is 0.282 e. The molecule has 0 amide bonds. The Morgan fingerprint density at radius 2 is 2.11 bits per heavy atom. The lowest BCUT2D eigenvalue weighted by Crippen LogP contribution is -2.50. The van der Waals surface area contributed by atoms with E-state index in [0.717, 1.165) is 24.6 Å². The molecule has 0 aliphatic carbocycles. The van der Waals surface area contributed by atoms with E-state index < -0.39 is 10.2 Å². The molecule has 1 aliphatic heterocycles. The van der Waals surface area contributed by atoms with Crippen LogP contribution in [0.2, 0.25) is 0 Å². The SMILES string of the molecule is CC1CCCN(S(=O)(=O)N(CCCBr)C(C)C)C1. The minimum Gasteiger partial charge on any atom is -0.195 e. The summed E-state index contributed by atoms with van der Waals surface area (Å²) < 4.78 is 28.5. The second-order valence-corrected chi connectivity index (χ2v) is 8.03. The van der Waals surface area contributed by atoms with Gasteiger partial charge in [-0.15, -0.1) is 0 Å². The predicted molar refractivity (Wildman–Crippen MR) is 79.1 cm³/mol. The molecule has 1 saturated heterocycles. The van der Waals surface area contributed by atoms with Crippen LogP contribution < -0.4 is 0 Å². The summed E-state index contributed by atoms with van der Waals surface area (Å²) in [6, 6.07) is 0.0197. The lowest BCUT2D eigenvalue weighted by molar-refractivity contribution is 0.246. The van der Waals surface area contributed by atoms with Crippen LogP contribution in [0.5, 0.6) is 0 Å². The second-order valence-electron chi connectivity index (χ2n) is 5.36. The van der Waals surface area contributed by atoms with Gasteiger partial charge < -0.3 is 0 Å². The van der Waals surface area contributed by atoms with E-state index in [1.807, 2.05) is 13.8 Å². The van der Waals surface area contributed by atoms with Gasteiger partial charge in [-0.05, 0) is 39.0 Å². The lowest BCUT2D eigenvalue weighted by Gasteiger charge is -2.36. The Labute approximate surface area is 120 Å². The third-order valence-corrected chi connectivity index (χ3v) is 6.07. The van der Waals surface area contributed by atoms with E-state index in [4.69, 9.17) is 0 Å². The Hall–Kier alpha value is 0.350. The van der Waals surface area contributed by atoms with Crippen molar-refractivity contribution < 1.29 is 8.42 Å². The van der Waals surface area contributed by atoms with E-state index >= 15 is 0 Å². The molecular formula is C12H25BrN2O2S. The first-order valence-corrected chi connectivity index (χ1v) is 9.24. The molecular weight excluding hydrogens is 316 g/mol. The van der Waals surface area contributed by atoms with Crippen molar-refractivity contribution in [3.05, 3.63) is 0 Å². The highest BCUT2D eigenvalue weighted by Crippen LogP contribution is 2.22. The van der Waals surface area contributed by atoms with Gasteiger partial charge in [0.2, 0.25) is 0 Å². The molecule has 0 spiro atoms. The molecule has 0 radical (unpaired) electrons. The van der Waals surface area contributed by atoms with E-state index in [-0.39, 0.29) is 6.04 Å². The van der Waals surface area contributed by atoms with E-state index in [2.05, 4.69) is 22.9 Å². The zero-order chi connectivity index (χ0) is 13.8. The Kier molecular flexibility index (Phi) is 6.58. The zero-order valence-corrected chi connectivity index (χ0v) is 14.0. The fourth-order valence-corrected chi connectivity index (χ4v) is 4.60. The minimum atomic E-state index is -3.28. The maximum absolute atomic E-state index is 12.6. The first-order valence-electron chi connectivity index (χ1n) is 6.72. The molecule has 0 saturated carbocycles. The molecule has 1 atom stereocenters. The molecule has 1 aliphatic rings. The molecule has 1 heterocycles. The number of alkyl halides is 1. The highest BCUT2D eigenvalue weighted by atomic mass is 79.9. The molecule has 1 rings (SSSR count). The number of piperidine rings is 1. The van der Waals surface area contributed by atoms with Gasteiger partial charge in [-0.1, -0.05) is 22.9 Å². The molecule has 0 bridgehead atoms. The van der Waals surface area contributed by atoms with Crippen LogP contribution in [0.4, 0.5) is 0 Å². The molecule has 1 unspecified atom stereocenters. The number of halogens is 1.